The fraction of sp³-hybridized carbons (Fsp3) is 0.269. The van der Waals surface area contributed by atoms with Crippen molar-refractivity contribution >= 4 is 11.6 Å². The van der Waals surface area contributed by atoms with Crippen molar-refractivity contribution in [2.75, 3.05) is 47.0 Å². The second kappa shape index (κ2) is 10.4. The second-order valence-corrected chi connectivity index (χ2v) is 7.63. The van der Waals surface area contributed by atoms with Crippen LogP contribution in [-0.2, 0) is 0 Å². The molecule has 3 aromatic carbocycles. The smallest absolute Gasteiger partial charge is 0.255 e. The Morgan fingerprint density at radius 2 is 1.46 bits per heavy atom. The average Bonchev–Trinajstić information content (AvgIpc) is 2.91. The first-order valence-electron chi connectivity index (χ1n) is 10.9. The molecule has 1 aliphatic heterocycles. The molecule has 3 aromatic rings. The summed E-state index contributed by atoms with van der Waals surface area (Å²) in [5.41, 5.74) is 1.71. The van der Waals surface area contributed by atoms with Crippen molar-refractivity contribution in [2.24, 2.45) is 0 Å². The summed E-state index contributed by atoms with van der Waals surface area (Å²) in [6.45, 7) is 0.774. The first-order valence-corrected chi connectivity index (χ1v) is 10.9. The van der Waals surface area contributed by atoms with E-state index in [0.717, 1.165) is 0 Å². The highest BCUT2D eigenvalue weighted by molar-refractivity contribution is 6.05. The van der Waals surface area contributed by atoms with E-state index in [1.54, 1.807) is 55.6 Å². The zero-order valence-corrected chi connectivity index (χ0v) is 19.9. The van der Waals surface area contributed by atoms with Crippen LogP contribution in [0, 0.1) is 0 Å². The lowest BCUT2D eigenvalue weighted by atomic mass is 9.98. The molecule has 0 saturated heterocycles. The standard InChI is InChI=1S/C26H27NO8/c1-30-17-7-5-15(6-8-17)24(28)18-13-20-21(35-10-9-34-20)14-19(18)27-26(29)16-11-22(31-2)25(33-4)23(12-16)32-3/h5-8,11-14,24,28H,9-10H2,1-4H3,(H,27,29). The molecule has 0 aromatic heterocycles. The Hall–Kier alpha value is -4.11. The Bertz CT molecular complexity index is 1180. The summed E-state index contributed by atoms with van der Waals surface area (Å²) in [6.07, 6.45) is -1.05. The molecular formula is C26H27NO8. The van der Waals surface area contributed by atoms with Gasteiger partial charge in [0.2, 0.25) is 5.75 Å². The van der Waals surface area contributed by atoms with Gasteiger partial charge >= 0.3 is 0 Å². The van der Waals surface area contributed by atoms with Crippen LogP contribution in [0.3, 0.4) is 0 Å². The van der Waals surface area contributed by atoms with Gasteiger partial charge in [-0.15, -0.1) is 0 Å². The van der Waals surface area contributed by atoms with Crippen molar-refractivity contribution in [3.05, 3.63) is 65.2 Å². The van der Waals surface area contributed by atoms with Gasteiger partial charge in [0, 0.05) is 17.2 Å². The number of hydrogen-bond donors (Lipinski definition) is 2. The first kappa shape index (κ1) is 24.0. The van der Waals surface area contributed by atoms with E-state index in [9.17, 15) is 9.90 Å². The molecule has 35 heavy (non-hydrogen) atoms. The largest absolute Gasteiger partial charge is 0.497 e. The number of hydrogen-bond acceptors (Lipinski definition) is 8. The third-order valence-corrected chi connectivity index (χ3v) is 5.62. The summed E-state index contributed by atoms with van der Waals surface area (Å²) in [6, 6.07) is 13.4. The molecule has 1 unspecified atom stereocenters. The van der Waals surface area contributed by atoms with Crippen molar-refractivity contribution in [1.82, 2.24) is 0 Å². The van der Waals surface area contributed by atoms with Gasteiger partial charge in [0.15, 0.2) is 23.0 Å². The molecule has 1 amide bonds. The average molecular weight is 482 g/mol. The zero-order chi connectivity index (χ0) is 24.9. The lowest BCUT2D eigenvalue weighted by Crippen LogP contribution is -2.19. The summed E-state index contributed by atoms with van der Waals surface area (Å²) < 4.78 is 32.7. The number of fused-ring (bicyclic) bond motifs is 1. The number of carbonyl (C=O) groups is 1. The van der Waals surface area contributed by atoms with E-state index >= 15 is 0 Å². The number of anilines is 1. The molecule has 1 atom stereocenters. The van der Waals surface area contributed by atoms with Gasteiger partial charge in [0.25, 0.3) is 5.91 Å². The van der Waals surface area contributed by atoms with Crippen molar-refractivity contribution in [2.45, 2.75) is 6.10 Å². The molecule has 184 valence electrons. The summed E-state index contributed by atoms with van der Waals surface area (Å²) in [4.78, 5) is 13.3. The Morgan fingerprint density at radius 1 is 0.857 bits per heavy atom. The predicted octanol–water partition coefficient (Wildman–Crippen LogP) is 3.83. The van der Waals surface area contributed by atoms with Crippen molar-refractivity contribution in [3.63, 3.8) is 0 Å². The van der Waals surface area contributed by atoms with Crippen LogP contribution in [0.15, 0.2) is 48.5 Å². The molecule has 9 heteroatoms. The number of carbonyl (C=O) groups excluding carboxylic acids is 1. The number of aliphatic hydroxyl groups excluding tert-OH is 1. The molecule has 4 rings (SSSR count). The van der Waals surface area contributed by atoms with Gasteiger partial charge in [0.1, 0.15) is 25.1 Å². The minimum absolute atomic E-state index is 0.277. The first-order chi connectivity index (χ1) is 17.0. The summed E-state index contributed by atoms with van der Waals surface area (Å²) in [5.74, 6) is 2.26. The summed E-state index contributed by atoms with van der Waals surface area (Å²) >= 11 is 0. The van der Waals surface area contributed by atoms with Gasteiger partial charge < -0.3 is 38.8 Å². The van der Waals surface area contributed by atoms with E-state index in [0.29, 0.717) is 64.5 Å². The molecule has 0 saturated carbocycles. The number of nitrogens with one attached hydrogen (secondary N) is 1. The van der Waals surface area contributed by atoms with Crippen LogP contribution in [0.4, 0.5) is 5.69 Å². The number of methoxy groups -OCH3 is 4. The van der Waals surface area contributed by atoms with Gasteiger partial charge in [-0.05, 0) is 35.9 Å². The lowest BCUT2D eigenvalue weighted by Gasteiger charge is -2.23. The lowest BCUT2D eigenvalue weighted by molar-refractivity contribution is 0.102. The van der Waals surface area contributed by atoms with Crippen molar-refractivity contribution in [1.29, 1.82) is 0 Å². The number of ether oxygens (including phenoxy) is 6. The molecule has 9 nitrogen and oxygen atoms in total. The van der Waals surface area contributed by atoms with Crippen LogP contribution in [-0.4, -0.2) is 52.7 Å². The number of rotatable bonds is 8. The highest BCUT2D eigenvalue weighted by atomic mass is 16.6. The fourth-order valence-electron chi connectivity index (χ4n) is 3.81. The second-order valence-electron chi connectivity index (χ2n) is 7.63. The van der Waals surface area contributed by atoms with Crippen LogP contribution in [0.25, 0.3) is 0 Å². The molecular weight excluding hydrogens is 454 g/mol. The quantitative estimate of drug-likeness (QED) is 0.500. The maximum atomic E-state index is 13.3. The highest BCUT2D eigenvalue weighted by Gasteiger charge is 2.24. The van der Waals surface area contributed by atoms with E-state index < -0.39 is 12.0 Å². The van der Waals surface area contributed by atoms with Gasteiger partial charge in [-0.2, -0.15) is 0 Å². The fourth-order valence-corrected chi connectivity index (χ4v) is 3.81. The number of benzene rings is 3. The normalized spacial score (nSPS) is 12.9. The molecule has 0 spiro atoms. The van der Waals surface area contributed by atoms with Crippen molar-refractivity contribution in [3.8, 4) is 34.5 Å². The van der Waals surface area contributed by atoms with E-state index in [-0.39, 0.29) is 5.56 Å². The van der Waals surface area contributed by atoms with Crippen LogP contribution in [0.5, 0.6) is 34.5 Å². The van der Waals surface area contributed by atoms with Crippen LogP contribution >= 0.6 is 0 Å². The number of amides is 1. The minimum atomic E-state index is -1.05. The molecule has 0 radical (unpaired) electrons. The number of aliphatic hydroxyl groups is 1. The Kier molecular flexibility index (Phi) is 7.17. The molecule has 1 heterocycles. The molecule has 0 aliphatic carbocycles. The summed E-state index contributed by atoms with van der Waals surface area (Å²) in [5, 5.41) is 14.1. The van der Waals surface area contributed by atoms with E-state index in [2.05, 4.69) is 5.32 Å². The Morgan fingerprint density at radius 3 is 2.00 bits per heavy atom. The highest BCUT2D eigenvalue weighted by Crippen LogP contribution is 2.41. The van der Waals surface area contributed by atoms with Crippen LogP contribution in [0.1, 0.15) is 27.6 Å². The molecule has 0 fully saturated rings. The third kappa shape index (κ3) is 4.90. The van der Waals surface area contributed by atoms with E-state index in [1.165, 1.54) is 21.3 Å². The monoisotopic (exact) mass is 481 g/mol. The SMILES string of the molecule is COc1ccc(C(O)c2cc3c(cc2NC(=O)c2cc(OC)c(OC)c(OC)c2)OCCO3)cc1. The predicted molar refractivity (Wildman–Crippen MR) is 129 cm³/mol. The zero-order valence-electron chi connectivity index (χ0n) is 19.9. The van der Waals surface area contributed by atoms with Gasteiger partial charge in [-0.3, -0.25) is 4.79 Å². The molecule has 0 bridgehead atoms. The topological polar surface area (TPSA) is 105 Å². The van der Waals surface area contributed by atoms with Crippen LogP contribution < -0.4 is 33.7 Å². The molecule has 1 aliphatic rings. The molecule has 2 N–H and O–H groups in total. The van der Waals surface area contributed by atoms with E-state index in [4.69, 9.17) is 28.4 Å². The minimum Gasteiger partial charge on any atom is -0.497 e. The van der Waals surface area contributed by atoms with Gasteiger partial charge in [-0.25, -0.2) is 0 Å². The van der Waals surface area contributed by atoms with E-state index in [1.807, 2.05) is 0 Å². The summed E-state index contributed by atoms with van der Waals surface area (Å²) in [7, 11) is 6.01. The third-order valence-electron chi connectivity index (χ3n) is 5.62. The Balaban J connectivity index is 1.72. The van der Waals surface area contributed by atoms with Crippen LogP contribution in [0.2, 0.25) is 0 Å². The maximum absolute atomic E-state index is 13.3. The van der Waals surface area contributed by atoms with Gasteiger partial charge in [0.05, 0.1) is 34.1 Å². The maximum Gasteiger partial charge on any atom is 0.255 e. The van der Waals surface area contributed by atoms with Crippen molar-refractivity contribution < 1.29 is 38.3 Å². The van der Waals surface area contributed by atoms with Gasteiger partial charge in [-0.1, -0.05) is 12.1 Å². The Labute approximate surface area is 203 Å².